The maximum atomic E-state index is 11.8. The number of nitrogens with one attached hydrogen (secondary N) is 2. The lowest BCUT2D eigenvalue weighted by molar-refractivity contribution is 0.122. The van der Waals surface area contributed by atoms with Crippen molar-refractivity contribution >= 4 is 38.4 Å². The number of anilines is 3. The Balaban J connectivity index is 1.11. The van der Waals surface area contributed by atoms with Gasteiger partial charge in [0.15, 0.2) is 5.75 Å². The zero-order valence-corrected chi connectivity index (χ0v) is 24.6. The van der Waals surface area contributed by atoms with Crippen molar-refractivity contribution in [2.24, 2.45) is 0 Å². The van der Waals surface area contributed by atoms with Crippen molar-refractivity contribution in [1.82, 2.24) is 24.8 Å². The zero-order chi connectivity index (χ0) is 29.1. The Hall–Kier alpha value is -3.91. The van der Waals surface area contributed by atoms with E-state index >= 15 is 0 Å². The molecule has 0 amide bonds. The van der Waals surface area contributed by atoms with E-state index in [1.54, 1.807) is 18.5 Å². The molecule has 5 heterocycles. The number of nitrogens with zero attached hydrogens (tertiary/aromatic N) is 6. The molecule has 224 valence electrons. The SMILES string of the molecule is CN1C=C(Oc2cnc(N[C@H]3CC[C@@H](Oc4nc(N5CCOCC5)cc5ncc(NS(C)(=O)=O)cc45)CC3)nc2)CC1. The van der Waals surface area contributed by atoms with Gasteiger partial charge in [-0.3, -0.25) is 9.71 Å². The number of fused-ring (bicyclic) bond motifs is 1. The summed E-state index contributed by atoms with van der Waals surface area (Å²) in [5, 5.41) is 4.10. The highest BCUT2D eigenvalue weighted by atomic mass is 32.2. The second-order valence-corrected chi connectivity index (χ2v) is 12.7. The van der Waals surface area contributed by atoms with Crippen molar-refractivity contribution in [2.75, 3.05) is 61.1 Å². The molecule has 0 radical (unpaired) electrons. The van der Waals surface area contributed by atoms with Gasteiger partial charge in [0, 0.05) is 51.4 Å². The third kappa shape index (κ3) is 7.10. The predicted molar refractivity (Wildman–Crippen MR) is 159 cm³/mol. The van der Waals surface area contributed by atoms with E-state index in [0.717, 1.165) is 69.6 Å². The van der Waals surface area contributed by atoms with Crippen molar-refractivity contribution in [3.05, 3.63) is 42.7 Å². The van der Waals surface area contributed by atoms with Crippen LogP contribution in [0, 0.1) is 0 Å². The van der Waals surface area contributed by atoms with E-state index in [9.17, 15) is 8.42 Å². The largest absolute Gasteiger partial charge is 0.474 e. The van der Waals surface area contributed by atoms with E-state index in [2.05, 4.69) is 34.8 Å². The minimum atomic E-state index is -3.45. The monoisotopic (exact) mass is 596 g/mol. The van der Waals surface area contributed by atoms with Crippen LogP contribution in [0.25, 0.3) is 10.9 Å². The molecule has 2 N–H and O–H groups in total. The summed E-state index contributed by atoms with van der Waals surface area (Å²) in [5.41, 5.74) is 1.06. The summed E-state index contributed by atoms with van der Waals surface area (Å²) >= 11 is 0. The first kappa shape index (κ1) is 28.2. The molecule has 1 aliphatic carbocycles. The lowest BCUT2D eigenvalue weighted by atomic mass is 9.93. The van der Waals surface area contributed by atoms with Gasteiger partial charge in [-0.2, -0.15) is 4.98 Å². The highest BCUT2D eigenvalue weighted by Gasteiger charge is 2.25. The molecule has 0 spiro atoms. The molecule has 1 saturated heterocycles. The average Bonchev–Trinajstić information content (AvgIpc) is 3.39. The highest BCUT2D eigenvalue weighted by molar-refractivity contribution is 7.92. The third-order valence-corrected chi connectivity index (χ3v) is 8.11. The van der Waals surface area contributed by atoms with Gasteiger partial charge in [0.1, 0.15) is 17.7 Å². The third-order valence-electron chi connectivity index (χ3n) is 7.51. The number of morpholine rings is 1. The van der Waals surface area contributed by atoms with Crippen LogP contribution >= 0.6 is 0 Å². The molecule has 0 bridgehead atoms. The van der Waals surface area contributed by atoms with Crippen LogP contribution in [0.4, 0.5) is 17.5 Å². The summed E-state index contributed by atoms with van der Waals surface area (Å²) in [6.45, 7) is 3.67. The number of hydrogen-bond donors (Lipinski definition) is 2. The van der Waals surface area contributed by atoms with Gasteiger partial charge in [0.05, 0.1) is 54.7 Å². The maximum absolute atomic E-state index is 11.8. The van der Waals surface area contributed by atoms with Crippen LogP contribution in [0.3, 0.4) is 0 Å². The molecule has 0 unspecified atom stereocenters. The van der Waals surface area contributed by atoms with E-state index in [1.807, 2.05) is 19.3 Å². The van der Waals surface area contributed by atoms with Gasteiger partial charge in [-0.25, -0.2) is 18.4 Å². The summed E-state index contributed by atoms with van der Waals surface area (Å²) in [4.78, 5) is 22.5. The zero-order valence-electron chi connectivity index (χ0n) is 23.8. The summed E-state index contributed by atoms with van der Waals surface area (Å²) in [6.07, 6.45) is 12.2. The van der Waals surface area contributed by atoms with Crippen molar-refractivity contribution in [1.29, 1.82) is 0 Å². The summed E-state index contributed by atoms with van der Waals surface area (Å²) < 4.78 is 44.0. The second-order valence-electron chi connectivity index (χ2n) is 11.0. The molecule has 6 rings (SSSR count). The summed E-state index contributed by atoms with van der Waals surface area (Å²) in [5.74, 6) is 3.34. The molecule has 3 aliphatic rings. The van der Waals surface area contributed by atoms with Gasteiger partial charge in [0.25, 0.3) is 0 Å². The molecule has 0 aromatic carbocycles. The number of ether oxygens (including phenoxy) is 3. The fraction of sp³-hybridized carbons (Fsp3) is 0.500. The van der Waals surface area contributed by atoms with Crippen LogP contribution in [0.5, 0.6) is 11.6 Å². The van der Waals surface area contributed by atoms with Crippen LogP contribution in [0.2, 0.25) is 0 Å². The van der Waals surface area contributed by atoms with E-state index in [0.29, 0.717) is 47.4 Å². The van der Waals surface area contributed by atoms with Gasteiger partial charge in [0.2, 0.25) is 21.9 Å². The van der Waals surface area contributed by atoms with Crippen LogP contribution in [0.1, 0.15) is 32.1 Å². The van der Waals surface area contributed by atoms with E-state index in [-0.39, 0.29) is 12.1 Å². The summed E-state index contributed by atoms with van der Waals surface area (Å²) in [7, 11) is -1.43. The Morgan fingerprint density at radius 2 is 1.76 bits per heavy atom. The van der Waals surface area contributed by atoms with E-state index in [1.165, 1.54) is 6.20 Å². The topological polar surface area (TPSA) is 144 Å². The molecule has 0 atom stereocenters. The lowest BCUT2D eigenvalue weighted by Gasteiger charge is -2.31. The number of pyridine rings is 2. The van der Waals surface area contributed by atoms with Gasteiger partial charge in [-0.05, 0) is 31.7 Å². The van der Waals surface area contributed by atoms with Crippen LogP contribution < -0.4 is 24.4 Å². The van der Waals surface area contributed by atoms with Crippen LogP contribution in [-0.4, -0.2) is 91.6 Å². The standard InChI is InChI=1S/C28H36N8O5S/c1-35-8-7-22(18-35)40-23-16-30-28(31-17-23)32-19-3-5-21(6-4-19)41-27-24-13-20(34-42(2,37)38)15-29-25(24)14-26(33-27)36-9-11-39-12-10-36/h13-19,21,34H,3-12H2,1-2H3,(H,30,31,32)/t19-,21+. The molecular weight excluding hydrogens is 560 g/mol. The quantitative estimate of drug-likeness (QED) is 0.375. The number of rotatable bonds is 9. The Morgan fingerprint density at radius 1 is 1.00 bits per heavy atom. The van der Waals surface area contributed by atoms with E-state index in [4.69, 9.17) is 19.2 Å². The summed E-state index contributed by atoms with van der Waals surface area (Å²) in [6, 6.07) is 3.87. The minimum absolute atomic E-state index is 0.0419. The first-order valence-electron chi connectivity index (χ1n) is 14.2. The van der Waals surface area contributed by atoms with Gasteiger partial charge < -0.3 is 29.3 Å². The van der Waals surface area contributed by atoms with Crippen molar-refractivity contribution in [3.8, 4) is 11.6 Å². The molecule has 1 saturated carbocycles. The highest BCUT2D eigenvalue weighted by Crippen LogP contribution is 2.33. The van der Waals surface area contributed by atoms with Crippen molar-refractivity contribution < 1.29 is 22.6 Å². The van der Waals surface area contributed by atoms with Crippen molar-refractivity contribution in [3.63, 3.8) is 0 Å². The first-order valence-corrected chi connectivity index (χ1v) is 16.1. The second kappa shape index (κ2) is 12.1. The van der Waals surface area contributed by atoms with Gasteiger partial charge in [-0.1, -0.05) is 0 Å². The maximum Gasteiger partial charge on any atom is 0.229 e. The normalized spacial score (nSPS) is 21.2. The Labute approximate surface area is 245 Å². The van der Waals surface area contributed by atoms with E-state index < -0.39 is 10.0 Å². The average molecular weight is 597 g/mol. The van der Waals surface area contributed by atoms with Crippen LogP contribution in [0.15, 0.2) is 42.7 Å². The molecule has 42 heavy (non-hydrogen) atoms. The molecule has 2 aliphatic heterocycles. The molecule has 2 fully saturated rings. The molecule has 3 aromatic rings. The lowest BCUT2D eigenvalue weighted by Crippen LogP contribution is -2.37. The predicted octanol–water partition coefficient (Wildman–Crippen LogP) is 2.99. The molecule has 14 heteroatoms. The fourth-order valence-corrected chi connectivity index (χ4v) is 5.93. The van der Waals surface area contributed by atoms with Crippen LogP contribution in [-0.2, 0) is 14.8 Å². The number of aromatic nitrogens is 4. The Morgan fingerprint density at radius 3 is 2.45 bits per heavy atom. The van der Waals surface area contributed by atoms with Gasteiger partial charge in [-0.15, -0.1) is 0 Å². The molecular formula is C28H36N8O5S. The number of sulfonamides is 1. The minimum Gasteiger partial charge on any atom is -0.474 e. The Kier molecular flexibility index (Phi) is 8.16. The molecule has 3 aromatic heterocycles. The van der Waals surface area contributed by atoms with Gasteiger partial charge >= 0.3 is 0 Å². The number of hydrogen-bond acceptors (Lipinski definition) is 12. The first-order chi connectivity index (χ1) is 20.3. The Bertz CT molecular complexity index is 1540. The smallest absolute Gasteiger partial charge is 0.229 e. The fourth-order valence-electron chi connectivity index (χ4n) is 5.39. The molecule has 13 nitrogen and oxygen atoms in total. The van der Waals surface area contributed by atoms with Crippen molar-refractivity contribution in [2.45, 2.75) is 44.2 Å².